The zero-order valence-electron chi connectivity index (χ0n) is 15.9. The van der Waals surface area contributed by atoms with E-state index in [0.717, 1.165) is 5.82 Å². The summed E-state index contributed by atoms with van der Waals surface area (Å²) in [5.41, 5.74) is 0. The molecule has 27 heavy (non-hydrogen) atoms. The Hall–Kier alpha value is -2.10. The van der Waals surface area contributed by atoms with E-state index in [0.29, 0.717) is 51.7 Å². The first-order chi connectivity index (χ1) is 12.9. The van der Waals surface area contributed by atoms with Gasteiger partial charge in [0.15, 0.2) is 9.84 Å². The molecule has 1 aromatic rings. The lowest BCUT2D eigenvalue weighted by Gasteiger charge is -2.34. The molecule has 1 unspecified atom stereocenters. The van der Waals surface area contributed by atoms with Gasteiger partial charge < -0.3 is 19.4 Å². The minimum Gasteiger partial charge on any atom is -0.450 e. The monoisotopic (exact) mass is 397 g/mol. The Kier molecular flexibility index (Phi) is 6.03. The Bertz CT molecular complexity index is 764. The van der Waals surface area contributed by atoms with Crippen molar-refractivity contribution < 1.29 is 17.9 Å². The van der Waals surface area contributed by atoms with Gasteiger partial charge in [0.2, 0.25) is 5.95 Å². The molecule has 0 aliphatic carbocycles. The number of nitrogens with zero attached hydrogens (tertiary/aromatic N) is 5. The van der Waals surface area contributed by atoms with Gasteiger partial charge in [-0.3, -0.25) is 0 Å². The molecular weight excluding hydrogens is 370 g/mol. The van der Waals surface area contributed by atoms with Crippen LogP contribution in [0.25, 0.3) is 0 Å². The highest BCUT2D eigenvalue weighted by Crippen LogP contribution is 2.24. The zero-order chi connectivity index (χ0) is 19.4. The van der Waals surface area contributed by atoms with Crippen LogP contribution < -0.4 is 9.80 Å². The SMILES string of the molecule is CCOC(=O)N1CCN(c2nccc(N(CC)C3CCS(=O)(=O)C3)n2)CC1. The van der Waals surface area contributed by atoms with E-state index in [1.807, 2.05) is 22.8 Å². The molecule has 2 fully saturated rings. The van der Waals surface area contributed by atoms with E-state index in [1.54, 1.807) is 18.0 Å². The molecule has 1 aromatic heterocycles. The number of rotatable bonds is 5. The highest BCUT2D eigenvalue weighted by atomic mass is 32.2. The summed E-state index contributed by atoms with van der Waals surface area (Å²) < 4.78 is 28.7. The first-order valence-corrected chi connectivity index (χ1v) is 11.2. The van der Waals surface area contributed by atoms with Gasteiger partial charge in [-0.05, 0) is 26.3 Å². The van der Waals surface area contributed by atoms with Crippen LogP contribution in [0.4, 0.5) is 16.6 Å². The topological polar surface area (TPSA) is 95.9 Å². The Labute approximate surface area is 160 Å². The van der Waals surface area contributed by atoms with E-state index in [4.69, 9.17) is 4.74 Å². The Morgan fingerprint density at radius 1 is 1.30 bits per heavy atom. The van der Waals surface area contributed by atoms with Crippen molar-refractivity contribution in [3.8, 4) is 0 Å². The summed E-state index contributed by atoms with van der Waals surface area (Å²) in [7, 11) is -2.95. The summed E-state index contributed by atoms with van der Waals surface area (Å²) in [5, 5.41) is 0. The lowest BCUT2D eigenvalue weighted by atomic mass is 10.2. The molecule has 0 radical (unpaired) electrons. The molecule has 1 amide bonds. The summed E-state index contributed by atoms with van der Waals surface area (Å²) in [6, 6.07) is 1.79. The van der Waals surface area contributed by atoms with E-state index in [-0.39, 0.29) is 23.6 Å². The molecule has 3 heterocycles. The van der Waals surface area contributed by atoms with Gasteiger partial charge in [-0.2, -0.15) is 4.98 Å². The normalized spacial score (nSPS) is 21.9. The lowest BCUT2D eigenvalue weighted by Crippen LogP contribution is -2.49. The second-order valence-electron chi connectivity index (χ2n) is 6.73. The minimum atomic E-state index is -2.95. The number of carbonyl (C=O) groups excluding carboxylic acids is 1. The summed E-state index contributed by atoms with van der Waals surface area (Å²) in [4.78, 5) is 26.6. The van der Waals surface area contributed by atoms with Crippen molar-refractivity contribution in [3.63, 3.8) is 0 Å². The fourth-order valence-electron chi connectivity index (χ4n) is 3.58. The number of ether oxygens (including phenoxy) is 1. The third-order valence-corrected chi connectivity index (χ3v) is 6.75. The molecule has 0 saturated carbocycles. The maximum atomic E-state index is 11.8. The van der Waals surface area contributed by atoms with Crippen LogP contribution in [-0.4, -0.2) is 86.3 Å². The number of sulfone groups is 1. The zero-order valence-corrected chi connectivity index (χ0v) is 16.7. The predicted molar refractivity (Wildman–Crippen MR) is 103 cm³/mol. The number of anilines is 2. The lowest BCUT2D eigenvalue weighted by molar-refractivity contribution is 0.105. The highest BCUT2D eigenvalue weighted by Gasteiger charge is 2.32. The standard InChI is InChI=1S/C17H27N5O4S/c1-3-22(14-6-12-27(24,25)13-14)15-5-7-18-16(19-15)20-8-10-21(11-9-20)17(23)26-4-2/h5,7,14H,3-4,6,8-13H2,1-2H3. The van der Waals surface area contributed by atoms with E-state index >= 15 is 0 Å². The molecule has 2 aliphatic heterocycles. The summed E-state index contributed by atoms with van der Waals surface area (Å²) in [6.07, 6.45) is 2.06. The number of amides is 1. The van der Waals surface area contributed by atoms with Gasteiger partial charge in [0, 0.05) is 45.0 Å². The van der Waals surface area contributed by atoms with Crippen LogP contribution in [0.3, 0.4) is 0 Å². The van der Waals surface area contributed by atoms with Crippen molar-refractivity contribution >= 4 is 27.7 Å². The summed E-state index contributed by atoms with van der Waals surface area (Å²) in [5.74, 6) is 1.77. The van der Waals surface area contributed by atoms with Gasteiger partial charge in [-0.15, -0.1) is 0 Å². The van der Waals surface area contributed by atoms with Crippen LogP contribution >= 0.6 is 0 Å². The fourth-order valence-corrected chi connectivity index (χ4v) is 5.31. The van der Waals surface area contributed by atoms with E-state index in [1.165, 1.54) is 0 Å². The van der Waals surface area contributed by atoms with Gasteiger partial charge in [-0.1, -0.05) is 0 Å². The van der Waals surface area contributed by atoms with Crippen LogP contribution in [-0.2, 0) is 14.6 Å². The maximum absolute atomic E-state index is 11.8. The number of hydrogen-bond acceptors (Lipinski definition) is 8. The third kappa shape index (κ3) is 4.60. The third-order valence-electron chi connectivity index (χ3n) is 5.00. The van der Waals surface area contributed by atoms with Gasteiger partial charge in [-0.25, -0.2) is 18.2 Å². The van der Waals surface area contributed by atoms with Crippen molar-refractivity contribution in [1.29, 1.82) is 0 Å². The largest absolute Gasteiger partial charge is 0.450 e. The Morgan fingerprint density at radius 3 is 2.63 bits per heavy atom. The van der Waals surface area contributed by atoms with Gasteiger partial charge in [0.25, 0.3) is 0 Å². The molecular formula is C17H27N5O4S. The molecule has 9 nitrogen and oxygen atoms in total. The van der Waals surface area contributed by atoms with Gasteiger partial charge in [0.05, 0.1) is 18.1 Å². The summed E-state index contributed by atoms with van der Waals surface area (Å²) in [6.45, 7) is 7.24. The van der Waals surface area contributed by atoms with Gasteiger partial charge >= 0.3 is 6.09 Å². The molecule has 0 spiro atoms. The average Bonchev–Trinajstić information content (AvgIpc) is 3.02. The number of aromatic nitrogens is 2. The Morgan fingerprint density at radius 2 is 2.04 bits per heavy atom. The Balaban J connectivity index is 1.68. The highest BCUT2D eigenvalue weighted by molar-refractivity contribution is 7.91. The molecule has 10 heteroatoms. The van der Waals surface area contributed by atoms with Crippen molar-refractivity contribution in [3.05, 3.63) is 12.3 Å². The average molecular weight is 398 g/mol. The number of carbonyl (C=O) groups is 1. The molecule has 0 bridgehead atoms. The van der Waals surface area contributed by atoms with Crippen LogP contribution in [0, 0.1) is 0 Å². The number of hydrogen-bond donors (Lipinski definition) is 0. The molecule has 0 N–H and O–H groups in total. The molecule has 2 saturated heterocycles. The van der Waals surface area contributed by atoms with Crippen molar-refractivity contribution in [2.24, 2.45) is 0 Å². The van der Waals surface area contributed by atoms with Crippen LogP contribution in [0.15, 0.2) is 12.3 Å². The van der Waals surface area contributed by atoms with E-state index < -0.39 is 9.84 Å². The fraction of sp³-hybridized carbons (Fsp3) is 0.706. The molecule has 2 aliphatic rings. The number of piperazine rings is 1. The van der Waals surface area contributed by atoms with E-state index in [2.05, 4.69) is 9.97 Å². The second-order valence-corrected chi connectivity index (χ2v) is 8.96. The van der Waals surface area contributed by atoms with Crippen LogP contribution in [0.1, 0.15) is 20.3 Å². The quantitative estimate of drug-likeness (QED) is 0.719. The molecule has 3 rings (SSSR count). The first-order valence-electron chi connectivity index (χ1n) is 9.40. The second kappa shape index (κ2) is 8.28. The van der Waals surface area contributed by atoms with Crippen molar-refractivity contribution in [2.45, 2.75) is 26.3 Å². The molecule has 1 atom stereocenters. The van der Waals surface area contributed by atoms with E-state index in [9.17, 15) is 13.2 Å². The van der Waals surface area contributed by atoms with Crippen molar-refractivity contribution in [2.75, 3.05) is 60.6 Å². The molecule has 0 aromatic carbocycles. The van der Waals surface area contributed by atoms with Gasteiger partial charge in [0.1, 0.15) is 5.82 Å². The summed E-state index contributed by atoms with van der Waals surface area (Å²) >= 11 is 0. The predicted octanol–water partition coefficient (Wildman–Crippen LogP) is 0.769. The van der Waals surface area contributed by atoms with Crippen LogP contribution in [0.5, 0.6) is 0 Å². The van der Waals surface area contributed by atoms with Crippen LogP contribution in [0.2, 0.25) is 0 Å². The maximum Gasteiger partial charge on any atom is 0.409 e. The van der Waals surface area contributed by atoms with Crippen molar-refractivity contribution in [1.82, 2.24) is 14.9 Å². The smallest absolute Gasteiger partial charge is 0.409 e. The molecule has 150 valence electrons. The minimum absolute atomic E-state index is 0.0385. The first kappa shape index (κ1) is 19.7.